The van der Waals surface area contributed by atoms with Gasteiger partial charge >= 0.3 is 0 Å². The van der Waals surface area contributed by atoms with Crippen molar-refractivity contribution >= 4 is 17.5 Å². The molecule has 0 bridgehead atoms. The van der Waals surface area contributed by atoms with Gasteiger partial charge in [-0.25, -0.2) is 0 Å². The number of hydrogen-bond donors (Lipinski definition) is 1. The van der Waals surface area contributed by atoms with Gasteiger partial charge in [0.2, 0.25) is 5.91 Å². The van der Waals surface area contributed by atoms with E-state index in [9.17, 15) is 4.79 Å². The first-order chi connectivity index (χ1) is 9.56. The van der Waals surface area contributed by atoms with Gasteiger partial charge in [0.25, 0.3) is 0 Å². The van der Waals surface area contributed by atoms with E-state index in [-0.39, 0.29) is 11.9 Å². The second-order valence-electron chi connectivity index (χ2n) is 5.76. The highest BCUT2D eigenvalue weighted by Crippen LogP contribution is 2.17. The number of hydrogen-bond acceptors (Lipinski definition) is 2. The van der Waals surface area contributed by atoms with Crippen molar-refractivity contribution in [3.63, 3.8) is 0 Å². The molecule has 3 nitrogen and oxygen atoms in total. The minimum absolute atomic E-state index is 0.0509. The van der Waals surface area contributed by atoms with Crippen LogP contribution in [0.4, 0.5) is 0 Å². The molecule has 4 heteroatoms. The monoisotopic (exact) mass is 294 g/mol. The zero-order valence-electron chi connectivity index (χ0n) is 12.2. The molecule has 0 unspecified atom stereocenters. The second kappa shape index (κ2) is 7.09. The molecule has 0 aromatic heterocycles. The summed E-state index contributed by atoms with van der Waals surface area (Å²) in [5.41, 5.74) is 1.07. The lowest BCUT2D eigenvalue weighted by atomic mass is 9.99. The standard InChI is InChI=1S/C16H23ClN2O/c1-12-4-3-9-19(11-12)13(2)16(20)18-10-14-5-7-15(17)8-6-14/h5-8,12-13H,3-4,9-11H2,1-2H3,(H,18,20)/t12-,13-/m1/s1. The highest BCUT2D eigenvalue weighted by Gasteiger charge is 2.25. The Bertz CT molecular complexity index is 446. The van der Waals surface area contributed by atoms with Crippen LogP contribution in [0.25, 0.3) is 0 Å². The Morgan fingerprint density at radius 3 is 2.80 bits per heavy atom. The van der Waals surface area contributed by atoms with Crippen LogP contribution < -0.4 is 5.32 Å². The van der Waals surface area contributed by atoms with Gasteiger partial charge in [-0.1, -0.05) is 30.7 Å². The van der Waals surface area contributed by atoms with Crippen molar-refractivity contribution < 1.29 is 4.79 Å². The fourth-order valence-electron chi connectivity index (χ4n) is 2.68. The highest BCUT2D eigenvalue weighted by atomic mass is 35.5. The number of nitrogens with zero attached hydrogens (tertiary/aromatic N) is 1. The molecule has 1 aliphatic heterocycles. The summed E-state index contributed by atoms with van der Waals surface area (Å²) in [7, 11) is 0. The Kier molecular flexibility index (Phi) is 5.44. The molecular weight excluding hydrogens is 272 g/mol. The van der Waals surface area contributed by atoms with Crippen molar-refractivity contribution in [2.75, 3.05) is 13.1 Å². The molecule has 1 aliphatic rings. The smallest absolute Gasteiger partial charge is 0.237 e. The Balaban J connectivity index is 1.83. The van der Waals surface area contributed by atoms with E-state index in [0.29, 0.717) is 12.5 Å². The maximum absolute atomic E-state index is 12.2. The molecule has 1 heterocycles. The van der Waals surface area contributed by atoms with E-state index in [2.05, 4.69) is 17.1 Å². The fraction of sp³-hybridized carbons (Fsp3) is 0.562. The summed E-state index contributed by atoms with van der Waals surface area (Å²) in [6.45, 7) is 6.86. The van der Waals surface area contributed by atoms with Crippen molar-refractivity contribution in [1.29, 1.82) is 0 Å². The van der Waals surface area contributed by atoms with Gasteiger partial charge in [-0.2, -0.15) is 0 Å². The Morgan fingerprint density at radius 2 is 2.15 bits per heavy atom. The molecule has 1 aromatic rings. The summed E-state index contributed by atoms with van der Waals surface area (Å²) in [5, 5.41) is 3.72. The first-order valence-electron chi connectivity index (χ1n) is 7.32. The van der Waals surface area contributed by atoms with Crippen LogP contribution in [0.15, 0.2) is 24.3 Å². The third-order valence-corrected chi connectivity index (χ3v) is 4.25. The Labute approximate surface area is 126 Å². The third kappa shape index (κ3) is 4.22. The first kappa shape index (κ1) is 15.3. The van der Waals surface area contributed by atoms with Crippen LogP contribution in [-0.2, 0) is 11.3 Å². The molecule has 20 heavy (non-hydrogen) atoms. The van der Waals surface area contributed by atoms with Gasteiger partial charge in [0.15, 0.2) is 0 Å². The van der Waals surface area contributed by atoms with E-state index in [0.717, 1.165) is 23.7 Å². The van der Waals surface area contributed by atoms with Gasteiger partial charge in [-0.05, 0) is 49.9 Å². The summed E-state index contributed by atoms with van der Waals surface area (Å²) >= 11 is 5.85. The predicted octanol–water partition coefficient (Wildman–Crippen LogP) is 3.08. The number of piperidine rings is 1. The summed E-state index contributed by atoms with van der Waals surface area (Å²) in [6.07, 6.45) is 2.46. The van der Waals surface area contributed by atoms with E-state index in [4.69, 9.17) is 11.6 Å². The van der Waals surface area contributed by atoms with Crippen molar-refractivity contribution in [1.82, 2.24) is 10.2 Å². The quantitative estimate of drug-likeness (QED) is 0.925. The maximum atomic E-state index is 12.2. The fourth-order valence-corrected chi connectivity index (χ4v) is 2.81. The van der Waals surface area contributed by atoms with Crippen molar-refractivity contribution in [2.45, 2.75) is 39.3 Å². The van der Waals surface area contributed by atoms with Crippen LogP contribution in [0.5, 0.6) is 0 Å². The van der Waals surface area contributed by atoms with Crippen molar-refractivity contribution in [2.24, 2.45) is 5.92 Å². The lowest BCUT2D eigenvalue weighted by Crippen LogP contribution is -2.48. The molecule has 1 fully saturated rings. The van der Waals surface area contributed by atoms with E-state index < -0.39 is 0 Å². The van der Waals surface area contributed by atoms with Gasteiger partial charge in [-0.15, -0.1) is 0 Å². The number of amides is 1. The van der Waals surface area contributed by atoms with Gasteiger partial charge in [-0.3, -0.25) is 9.69 Å². The lowest BCUT2D eigenvalue weighted by Gasteiger charge is -2.34. The van der Waals surface area contributed by atoms with Crippen molar-refractivity contribution in [3.8, 4) is 0 Å². The molecular formula is C16H23ClN2O. The van der Waals surface area contributed by atoms with E-state index in [1.54, 1.807) is 0 Å². The summed E-state index contributed by atoms with van der Waals surface area (Å²) in [5.74, 6) is 0.796. The van der Waals surface area contributed by atoms with Crippen molar-refractivity contribution in [3.05, 3.63) is 34.9 Å². The topological polar surface area (TPSA) is 32.3 Å². The molecule has 0 spiro atoms. The molecule has 0 aliphatic carbocycles. The van der Waals surface area contributed by atoms with Crippen LogP contribution in [0.3, 0.4) is 0 Å². The van der Waals surface area contributed by atoms with E-state index >= 15 is 0 Å². The number of carbonyl (C=O) groups is 1. The SMILES string of the molecule is C[C@@H]1CCCN([C@H](C)C(=O)NCc2ccc(Cl)cc2)C1. The minimum Gasteiger partial charge on any atom is -0.351 e. The number of nitrogens with one attached hydrogen (secondary N) is 1. The molecule has 1 N–H and O–H groups in total. The molecule has 2 rings (SSSR count). The van der Waals surface area contributed by atoms with Crippen LogP contribution in [-0.4, -0.2) is 29.9 Å². The number of halogens is 1. The first-order valence-corrected chi connectivity index (χ1v) is 7.70. The molecule has 0 saturated carbocycles. The Morgan fingerprint density at radius 1 is 1.45 bits per heavy atom. The number of likely N-dealkylation sites (tertiary alicyclic amines) is 1. The van der Waals surface area contributed by atoms with Crippen LogP contribution in [0.2, 0.25) is 5.02 Å². The molecule has 1 saturated heterocycles. The summed E-state index contributed by atoms with van der Waals surface area (Å²) < 4.78 is 0. The van der Waals surface area contributed by atoms with Crippen LogP contribution >= 0.6 is 11.6 Å². The minimum atomic E-state index is -0.0509. The van der Waals surface area contributed by atoms with E-state index in [1.165, 1.54) is 12.8 Å². The number of rotatable bonds is 4. The van der Waals surface area contributed by atoms with Crippen LogP contribution in [0.1, 0.15) is 32.3 Å². The predicted molar refractivity (Wildman–Crippen MR) is 82.7 cm³/mol. The molecule has 1 aromatic carbocycles. The summed E-state index contributed by atoms with van der Waals surface area (Å²) in [4.78, 5) is 14.5. The van der Waals surface area contributed by atoms with E-state index in [1.807, 2.05) is 31.2 Å². The molecule has 0 radical (unpaired) electrons. The average Bonchev–Trinajstić information content (AvgIpc) is 2.45. The van der Waals surface area contributed by atoms with Gasteiger partial charge in [0.05, 0.1) is 6.04 Å². The Hall–Kier alpha value is -1.06. The average molecular weight is 295 g/mol. The second-order valence-corrected chi connectivity index (χ2v) is 6.20. The number of benzene rings is 1. The van der Waals surface area contributed by atoms with Crippen LogP contribution in [0, 0.1) is 5.92 Å². The normalized spacial score (nSPS) is 21.4. The largest absolute Gasteiger partial charge is 0.351 e. The van der Waals surface area contributed by atoms with Gasteiger partial charge in [0, 0.05) is 18.1 Å². The van der Waals surface area contributed by atoms with Gasteiger partial charge < -0.3 is 5.32 Å². The zero-order chi connectivity index (χ0) is 14.5. The molecule has 110 valence electrons. The highest BCUT2D eigenvalue weighted by molar-refractivity contribution is 6.30. The zero-order valence-corrected chi connectivity index (χ0v) is 13.0. The maximum Gasteiger partial charge on any atom is 0.237 e. The van der Waals surface area contributed by atoms with Gasteiger partial charge in [0.1, 0.15) is 0 Å². The molecule has 1 amide bonds. The summed E-state index contributed by atoms with van der Waals surface area (Å²) in [6, 6.07) is 7.52. The third-order valence-electron chi connectivity index (χ3n) is 4.00. The lowest BCUT2D eigenvalue weighted by molar-refractivity contribution is -0.126. The number of carbonyl (C=O) groups excluding carboxylic acids is 1. The molecule has 2 atom stereocenters.